The molecular formula is C16H20N2O4. The highest BCUT2D eigenvalue weighted by Gasteiger charge is 2.35. The Morgan fingerprint density at radius 2 is 2.00 bits per heavy atom. The first-order valence-corrected chi connectivity index (χ1v) is 7.43. The fraction of sp³-hybridized carbons (Fsp3) is 0.438. The van der Waals surface area contributed by atoms with E-state index in [1.807, 2.05) is 30.3 Å². The minimum atomic E-state index is -0.626. The highest BCUT2D eigenvalue weighted by atomic mass is 16.6. The number of ether oxygens (including phenoxy) is 1. The van der Waals surface area contributed by atoms with E-state index in [-0.39, 0.29) is 18.9 Å². The van der Waals surface area contributed by atoms with Gasteiger partial charge in [-0.25, -0.2) is 4.79 Å². The molecule has 0 bridgehead atoms. The molecule has 1 aliphatic heterocycles. The molecule has 0 spiro atoms. The summed E-state index contributed by atoms with van der Waals surface area (Å²) in [6.45, 7) is 2.30. The Bertz CT molecular complexity index is 544. The molecule has 3 amide bonds. The van der Waals surface area contributed by atoms with Crippen LogP contribution in [0.2, 0.25) is 0 Å². The van der Waals surface area contributed by atoms with Gasteiger partial charge in [0.15, 0.2) is 0 Å². The third-order valence-electron chi connectivity index (χ3n) is 3.58. The van der Waals surface area contributed by atoms with Gasteiger partial charge >= 0.3 is 6.09 Å². The molecule has 1 aromatic rings. The van der Waals surface area contributed by atoms with Crippen molar-refractivity contribution in [1.29, 1.82) is 0 Å². The molecule has 1 aromatic carbocycles. The Balaban J connectivity index is 1.90. The second-order valence-corrected chi connectivity index (χ2v) is 5.16. The van der Waals surface area contributed by atoms with Crippen molar-refractivity contribution in [2.75, 3.05) is 6.54 Å². The molecule has 118 valence electrons. The smallest absolute Gasteiger partial charge is 0.410 e. The number of carbonyl (C=O) groups is 3. The van der Waals surface area contributed by atoms with Crippen molar-refractivity contribution in [2.45, 2.75) is 38.8 Å². The molecule has 1 saturated heterocycles. The lowest BCUT2D eigenvalue weighted by atomic mass is 10.2. The van der Waals surface area contributed by atoms with Gasteiger partial charge in [-0.1, -0.05) is 37.3 Å². The van der Waals surface area contributed by atoms with Crippen molar-refractivity contribution in [3.8, 4) is 0 Å². The van der Waals surface area contributed by atoms with Crippen LogP contribution in [0.1, 0.15) is 31.7 Å². The quantitative estimate of drug-likeness (QED) is 0.921. The molecule has 6 heteroatoms. The van der Waals surface area contributed by atoms with Gasteiger partial charge in [0.1, 0.15) is 12.6 Å². The summed E-state index contributed by atoms with van der Waals surface area (Å²) in [5.41, 5.74) is 0.886. The standard InChI is InChI=1S/C16H20N2O4/c1-2-14(19)17-15(20)13-9-6-10-18(13)16(21)22-11-12-7-4-3-5-8-12/h3-5,7-8,13H,2,6,9-11H2,1H3,(H,17,19,20)/t13-/m0/s1. The van der Waals surface area contributed by atoms with Crippen LogP contribution in [0.4, 0.5) is 4.79 Å². The summed E-state index contributed by atoms with van der Waals surface area (Å²) in [5, 5.41) is 2.30. The zero-order valence-corrected chi connectivity index (χ0v) is 12.6. The van der Waals surface area contributed by atoms with Crippen LogP contribution in [-0.4, -0.2) is 35.4 Å². The van der Waals surface area contributed by atoms with Crippen LogP contribution in [0, 0.1) is 0 Å². The molecule has 1 N–H and O–H groups in total. The van der Waals surface area contributed by atoms with Gasteiger partial charge in [-0.2, -0.15) is 0 Å². The second kappa shape index (κ2) is 7.59. The summed E-state index contributed by atoms with van der Waals surface area (Å²) in [4.78, 5) is 36.8. The average molecular weight is 304 g/mol. The van der Waals surface area contributed by atoms with Gasteiger partial charge in [-0.15, -0.1) is 0 Å². The van der Waals surface area contributed by atoms with Crippen LogP contribution in [-0.2, 0) is 20.9 Å². The lowest BCUT2D eigenvalue weighted by molar-refractivity contribution is -0.132. The van der Waals surface area contributed by atoms with E-state index in [1.165, 1.54) is 4.90 Å². The van der Waals surface area contributed by atoms with Gasteiger partial charge in [0.05, 0.1) is 0 Å². The summed E-state index contributed by atoms with van der Waals surface area (Å²) >= 11 is 0. The number of rotatable bonds is 4. The topological polar surface area (TPSA) is 75.7 Å². The van der Waals surface area contributed by atoms with Crippen molar-refractivity contribution in [1.82, 2.24) is 10.2 Å². The van der Waals surface area contributed by atoms with Gasteiger partial charge < -0.3 is 4.74 Å². The van der Waals surface area contributed by atoms with Crippen LogP contribution in [0.15, 0.2) is 30.3 Å². The van der Waals surface area contributed by atoms with E-state index in [1.54, 1.807) is 6.92 Å². The Hall–Kier alpha value is -2.37. The lowest BCUT2D eigenvalue weighted by Gasteiger charge is -2.22. The number of nitrogens with zero attached hydrogens (tertiary/aromatic N) is 1. The van der Waals surface area contributed by atoms with Crippen LogP contribution < -0.4 is 5.32 Å². The van der Waals surface area contributed by atoms with Crippen molar-refractivity contribution >= 4 is 17.9 Å². The maximum Gasteiger partial charge on any atom is 0.410 e. The lowest BCUT2D eigenvalue weighted by Crippen LogP contribution is -2.47. The van der Waals surface area contributed by atoms with Crippen molar-refractivity contribution in [2.24, 2.45) is 0 Å². The average Bonchev–Trinajstić information content (AvgIpc) is 3.03. The summed E-state index contributed by atoms with van der Waals surface area (Å²) in [5.74, 6) is -0.768. The predicted molar refractivity (Wildman–Crippen MR) is 79.8 cm³/mol. The van der Waals surface area contributed by atoms with E-state index in [0.717, 1.165) is 12.0 Å². The van der Waals surface area contributed by atoms with E-state index in [2.05, 4.69) is 5.32 Å². The Morgan fingerprint density at radius 3 is 2.68 bits per heavy atom. The molecule has 2 rings (SSSR count). The van der Waals surface area contributed by atoms with Crippen LogP contribution in [0.5, 0.6) is 0 Å². The van der Waals surface area contributed by atoms with Gasteiger partial charge in [-0.3, -0.25) is 19.8 Å². The highest BCUT2D eigenvalue weighted by molar-refractivity contribution is 5.98. The van der Waals surface area contributed by atoms with Crippen molar-refractivity contribution in [3.63, 3.8) is 0 Å². The fourth-order valence-corrected chi connectivity index (χ4v) is 2.37. The van der Waals surface area contributed by atoms with E-state index >= 15 is 0 Å². The van der Waals surface area contributed by atoms with Gasteiger partial charge in [-0.05, 0) is 18.4 Å². The number of likely N-dealkylation sites (tertiary alicyclic amines) is 1. The van der Waals surface area contributed by atoms with Crippen LogP contribution >= 0.6 is 0 Å². The van der Waals surface area contributed by atoms with Crippen molar-refractivity contribution in [3.05, 3.63) is 35.9 Å². The minimum absolute atomic E-state index is 0.165. The first kappa shape index (κ1) is 16.0. The third kappa shape index (κ3) is 4.07. The molecule has 0 aromatic heterocycles. The molecule has 0 unspecified atom stereocenters. The number of carbonyl (C=O) groups excluding carboxylic acids is 3. The molecule has 1 fully saturated rings. The molecule has 1 atom stereocenters. The zero-order chi connectivity index (χ0) is 15.9. The second-order valence-electron chi connectivity index (χ2n) is 5.16. The molecule has 1 heterocycles. The maximum absolute atomic E-state index is 12.1. The number of amides is 3. The van der Waals surface area contributed by atoms with E-state index in [0.29, 0.717) is 13.0 Å². The van der Waals surface area contributed by atoms with E-state index in [9.17, 15) is 14.4 Å². The number of imide groups is 1. The number of hydrogen-bond donors (Lipinski definition) is 1. The highest BCUT2D eigenvalue weighted by Crippen LogP contribution is 2.19. The molecular weight excluding hydrogens is 284 g/mol. The molecule has 6 nitrogen and oxygen atoms in total. The monoisotopic (exact) mass is 304 g/mol. The van der Waals surface area contributed by atoms with Gasteiger partial charge in [0.2, 0.25) is 11.8 Å². The minimum Gasteiger partial charge on any atom is -0.445 e. The Morgan fingerprint density at radius 1 is 1.27 bits per heavy atom. The summed E-state index contributed by atoms with van der Waals surface area (Å²) in [6, 6.07) is 8.72. The normalized spacial score (nSPS) is 17.1. The molecule has 0 aliphatic carbocycles. The fourth-order valence-electron chi connectivity index (χ4n) is 2.37. The number of nitrogens with one attached hydrogen (secondary N) is 1. The summed E-state index contributed by atoms with van der Waals surface area (Å²) in [7, 11) is 0. The maximum atomic E-state index is 12.1. The zero-order valence-electron chi connectivity index (χ0n) is 12.6. The Labute approximate surface area is 129 Å². The molecule has 22 heavy (non-hydrogen) atoms. The Kier molecular flexibility index (Phi) is 5.52. The van der Waals surface area contributed by atoms with Gasteiger partial charge in [0.25, 0.3) is 0 Å². The van der Waals surface area contributed by atoms with Crippen molar-refractivity contribution < 1.29 is 19.1 Å². The van der Waals surface area contributed by atoms with Crippen LogP contribution in [0.25, 0.3) is 0 Å². The molecule has 1 aliphatic rings. The molecule has 0 saturated carbocycles. The third-order valence-corrected chi connectivity index (χ3v) is 3.58. The van der Waals surface area contributed by atoms with E-state index < -0.39 is 18.0 Å². The summed E-state index contributed by atoms with van der Waals surface area (Å²) in [6.07, 6.45) is 0.976. The van der Waals surface area contributed by atoms with Crippen LogP contribution in [0.3, 0.4) is 0 Å². The summed E-state index contributed by atoms with van der Waals surface area (Å²) < 4.78 is 5.25. The predicted octanol–water partition coefficient (Wildman–Crippen LogP) is 1.84. The first-order valence-electron chi connectivity index (χ1n) is 7.43. The first-order chi connectivity index (χ1) is 10.6. The van der Waals surface area contributed by atoms with Gasteiger partial charge in [0, 0.05) is 13.0 Å². The SMILES string of the molecule is CCC(=O)NC(=O)[C@@H]1CCCN1C(=O)OCc1ccccc1. The molecule has 0 radical (unpaired) electrons. The number of benzene rings is 1. The van der Waals surface area contributed by atoms with E-state index in [4.69, 9.17) is 4.74 Å². The largest absolute Gasteiger partial charge is 0.445 e. The number of hydrogen-bond acceptors (Lipinski definition) is 4.